The van der Waals surface area contributed by atoms with Gasteiger partial charge in [0.05, 0.1) is 13.2 Å². The van der Waals surface area contributed by atoms with Gasteiger partial charge >= 0.3 is 23.7 Å². The number of carbonyl (C=O) groups is 2. The largest absolute Gasteiger partial charge is 0.420 e. The maximum atomic E-state index is 13.5. The van der Waals surface area contributed by atoms with E-state index in [-0.39, 0.29) is 19.3 Å². The minimum Gasteiger partial charge on any atom is -0.420 e. The molecule has 63 heavy (non-hydrogen) atoms. The van der Waals surface area contributed by atoms with Gasteiger partial charge < -0.3 is 59.8 Å². The minimum absolute atomic E-state index is 0.287. The van der Waals surface area contributed by atoms with E-state index in [1.807, 2.05) is 0 Å². The third kappa shape index (κ3) is 18.8. The number of aliphatic hydroxyl groups excluding tert-OH is 7. The predicted octanol–water partition coefficient (Wildman–Crippen LogP) is 5.53. The average molecular weight is 895 g/mol. The van der Waals surface area contributed by atoms with E-state index < -0.39 is 85.9 Å². The standard InChI is InChI=1S/C48H78O15/c1-3-5-7-9-11-13-15-17-19-21-23-25-27-29-31-33-40(52)61-47(58)45(57)43(55)39(36-50)60-48(47,63-46(37-51)44(56)42(54)38(35-49)59-46)62-41(53)34-32-30-28-26-24-22-20-18-16-14-12-10-8-6-4-2/h5-8,11-14,17-20,38-39,42-45,49-51,54-58H,3-4,9-10,15-16,21-37H2,1-2H3/b7-5+,8-6+,13-11+,14-12+,19-17+,20-18+/t38-,39-,42-,43-,44+,45+,46?,47+,48+/m1/s1. The first-order valence-electron chi connectivity index (χ1n) is 23.1. The van der Waals surface area contributed by atoms with Crippen molar-refractivity contribution in [1.82, 2.24) is 0 Å². The highest BCUT2D eigenvalue weighted by molar-refractivity contribution is 5.71. The maximum Gasteiger partial charge on any atom is 0.405 e. The molecular weight excluding hydrogens is 817 g/mol. The Morgan fingerprint density at radius 1 is 0.524 bits per heavy atom. The zero-order valence-corrected chi connectivity index (χ0v) is 37.6. The van der Waals surface area contributed by atoms with Gasteiger partial charge in [0, 0.05) is 12.8 Å². The quantitative estimate of drug-likeness (QED) is 0.0175. The Bertz CT molecular complexity index is 1440. The summed E-state index contributed by atoms with van der Waals surface area (Å²) >= 11 is 0. The molecule has 0 aromatic rings. The number of rotatable bonds is 33. The van der Waals surface area contributed by atoms with Crippen LogP contribution in [0.15, 0.2) is 72.9 Å². The average Bonchev–Trinajstić information content (AvgIpc) is 3.51. The molecule has 2 heterocycles. The summed E-state index contributed by atoms with van der Waals surface area (Å²) in [6.07, 6.45) is 27.2. The van der Waals surface area contributed by atoms with Crippen LogP contribution in [0.3, 0.4) is 0 Å². The van der Waals surface area contributed by atoms with Crippen LogP contribution in [-0.4, -0.2) is 127 Å². The summed E-state index contributed by atoms with van der Waals surface area (Å²) in [5, 5.41) is 86.3. The van der Waals surface area contributed by atoms with Crippen molar-refractivity contribution in [2.45, 2.75) is 196 Å². The molecule has 2 aliphatic rings. The summed E-state index contributed by atoms with van der Waals surface area (Å²) in [7, 11) is 0. The number of aliphatic hydroxyl groups is 8. The zero-order valence-electron chi connectivity index (χ0n) is 37.6. The molecule has 15 nitrogen and oxygen atoms in total. The van der Waals surface area contributed by atoms with E-state index in [1.165, 1.54) is 0 Å². The first-order chi connectivity index (χ1) is 30.4. The smallest absolute Gasteiger partial charge is 0.405 e. The predicted molar refractivity (Wildman–Crippen MR) is 237 cm³/mol. The molecule has 15 heteroatoms. The van der Waals surface area contributed by atoms with Crippen LogP contribution in [0.2, 0.25) is 0 Å². The Kier molecular flexibility index (Phi) is 28.3. The van der Waals surface area contributed by atoms with E-state index >= 15 is 0 Å². The van der Waals surface area contributed by atoms with Crippen molar-refractivity contribution in [2.75, 3.05) is 19.8 Å². The van der Waals surface area contributed by atoms with Crippen molar-refractivity contribution >= 4 is 11.9 Å². The van der Waals surface area contributed by atoms with Crippen molar-refractivity contribution < 1.29 is 74.1 Å². The van der Waals surface area contributed by atoms with Gasteiger partial charge in [-0.3, -0.25) is 14.3 Å². The van der Waals surface area contributed by atoms with Crippen LogP contribution < -0.4 is 0 Å². The SMILES string of the molecule is CC/C=C/C/C=C/C/C=C/CCCCCCCC(=O)O[C@@]1(OC2(CO)O[C@H](CO)[C@@H](O)[C@@H]2O)O[C@H](CO)[C@@H](O)[C@H](O)[C@]1(O)OC(=O)CCCCCCC/C=C/C/C=C/C/C=C/CC. The highest BCUT2D eigenvalue weighted by Crippen LogP contribution is 2.47. The third-order valence-electron chi connectivity index (χ3n) is 10.8. The Labute approximate surface area is 374 Å². The van der Waals surface area contributed by atoms with Gasteiger partial charge in [-0.2, -0.15) is 0 Å². The minimum atomic E-state index is -3.60. The molecule has 2 fully saturated rings. The van der Waals surface area contributed by atoms with Crippen molar-refractivity contribution in [1.29, 1.82) is 0 Å². The second-order valence-corrected chi connectivity index (χ2v) is 16.0. The van der Waals surface area contributed by atoms with Gasteiger partial charge in [0.1, 0.15) is 37.1 Å². The Balaban J connectivity index is 2.10. The summed E-state index contributed by atoms with van der Waals surface area (Å²) in [5.74, 6) is -12.2. The monoisotopic (exact) mass is 895 g/mol. The van der Waals surface area contributed by atoms with Gasteiger partial charge in [-0.05, 0) is 77.0 Å². The van der Waals surface area contributed by atoms with E-state index in [0.29, 0.717) is 19.3 Å². The van der Waals surface area contributed by atoms with Crippen LogP contribution in [0.4, 0.5) is 0 Å². The molecule has 2 saturated heterocycles. The van der Waals surface area contributed by atoms with E-state index in [1.54, 1.807) is 0 Å². The highest BCUT2D eigenvalue weighted by atomic mass is 17.0. The molecule has 0 amide bonds. The van der Waals surface area contributed by atoms with E-state index in [4.69, 9.17) is 23.7 Å². The van der Waals surface area contributed by atoms with E-state index in [2.05, 4.69) is 86.8 Å². The Morgan fingerprint density at radius 3 is 1.37 bits per heavy atom. The van der Waals surface area contributed by atoms with E-state index in [0.717, 1.165) is 89.9 Å². The molecule has 1 unspecified atom stereocenters. The summed E-state index contributed by atoms with van der Waals surface area (Å²) in [4.78, 5) is 26.9. The lowest BCUT2D eigenvalue weighted by molar-refractivity contribution is -0.554. The summed E-state index contributed by atoms with van der Waals surface area (Å²) in [6.45, 7) is 0.955. The van der Waals surface area contributed by atoms with Crippen LogP contribution in [0.25, 0.3) is 0 Å². The van der Waals surface area contributed by atoms with Crippen LogP contribution in [0.5, 0.6) is 0 Å². The third-order valence-corrected chi connectivity index (χ3v) is 10.8. The molecule has 0 aromatic heterocycles. The second-order valence-electron chi connectivity index (χ2n) is 16.0. The number of hydrogen-bond donors (Lipinski definition) is 8. The normalized spacial score (nSPS) is 29.2. The molecule has 8 N–H and O–H groups in total. The van der Waals surface area contributed by atoms with Crippen LogP contribution in [0.1, 0.15) is 142 Å². The first-order valence-corrected chi connectivity index (χ1v) is 23.1. The molecule has 0 spiro atoms. The summed E-state index contributed by atoms with van der Waals surface area (Å²) in [5.41, 5.74) is 0. The molecule has 9 atom stereocenters. The summed E-state index contributed by atoms with van der Waals surface area (Å²) < 4.78 is 27.9. The molecular formula is C48H78O15. The molecule has 2 aliphatic heterocycles. The molecule has 360 valence electrons. The van der Waals surface area contributed by atoms with Crippen LogP contribution in [-0.2, 0) is 33.3 Å². The topological polar surface area (TPSA) is 242 Å². The highest BCUT2D eigenvalue weighted by Gasteiger charge is 2.75. The Hall–Kier alpha value is -3.06. The molecule has 0 aromatic carbocycles. The number of unbranched alkanes of at least 4 members (excludes halogenated alkanes) is 10. The fourth-order valence-corrected chi connectivity index (χ4v) is 7.13. The second kappa shape index (κ2) is 31.8. The lowest BCUT2D eigenvalue weighted by atomic mass is 9.93. The number of ether oxygens (including phenoxy) is 5. The van der Waals surface area contributed by atoms with Gasteiger partial charge in [-0.25, -0.2) is 0 Å². The van der Waals surface area contributed by atoms with Crippen LogP contribution >= 0.6 is 0 Å². The molecule has 0 saturated carbocycles. The number of hydrogen-bond acceptors (Lipinski definition) is 15. The van der Waals surface area contributed by atoms with Crippen molar-refractivity contribution in [3.8, 4) is 0 Å². The Morgan fingerprint density at radius 2 is 0.921 bits per heavy atom. The van der Waals surface area contributed by atoms with Gasteiger partial charge in [0.2, 0.25) is 5.79 Å². The maximum absolute atomic E-state index is 13.5. The fourth-order valence-electron chi connectivity index (χ4n) is 7.13. The number of esters is 2. The van der Waals surface area contributed by atoms with Crippen LogP contribution in [0, 0.1) is 0 Å². The van der Waals surface area contributed by atoms with Crippen molar-refractivity contribution in [3.05, 3.63) is 72.9 Å². The lowest BCUT2D eigenvalue weighted by Crippen LogP contribution is -2.78. The summed E-state index contributed by atoms with van der Waals surface area (Å²) in [6, 6.07) is 0. The van der Waals surface area contributed by atoms with E-state index in [9.17, 15) is 50.4 Å². The number of carbonyl (C=O) groups excluding carboxylic acids is 2. The fraction of sp³-hybridized carbons (Fsp3) is 0.708. The number of allylic oxidation sites excluding steroid dienone is 12. The van der Waals surface area contributed by atoms with Crippen molar-refractivity contribution in [2.24, 2.45) is 0 Å². The van der Waals surface area contributed by atoms with Gasteiger partial charge in [0.15, 0.2) is 6.10 Å². The van der Waals surface area contributed by atoms with Gasteiger partial charge in [-0.1, -0.05) is 125 Å². The van der Waals surface area contributed by atoms with Crippen molar-refractivity contribution in [3.63, 3.8) is 0 Å². The van der Waals surface area contributed by atoms with Gasteiger partial charge in [0.25, 0.3) is 0 Å². The molecule has 0 radical (unpaired) electrons. The zero-order chi connectivity index (χ0) is 46.4. The lowest BCUT2D eigenvalue weighted by Gasteiger charge is -2.53. The first kappa shape index (κ1) is 56.1. The molecule has 0 bridgehead atoms. The van der Waals surface area contributed by atoms with Gasteiger partial charge in [-0.15, -0.1) is 0 Å². The molecule has 0 aliphatic carbocycles. The molecule has 2 rings (SSSR count).